The second-order valence-corrected chi connectivity index (χ2v) is 3.49. The molecule has 7 heteroatoms. The summed E-state index contributed by atoms with van der Waals surface area (Å²) >= 11 is 0. The number of nitrogens with zero attached hydrogens (tertiary/aromatic N) is 3. The van der Waals surface area contributed by atoms with Crippen molar-refractivity contribution in [1.82, 2.24) is 9.78 Å². The van der Waals surface area contributed by atoms with Crippen molar-refractivity contribution >= 4 is 11.6 Å². The van der Waals surface area contributed by atoms with Gasteiger partial charge in [-0.15, -0.1) is 0 Å². The lowest BCUT2D eigenvalue weighted by Gasteiger charge is -2.03. The van der Waals surface area contributed by atoms with Crippen LogP contribution in [-0.4, -0.2) is 15.7 Å². The minimum atomic E-state index is -0.791. The highest BCUT2D eigenvalue weighted by Gasteiger charge is 2.15. The lowest BCUT2D eigenvalue weighted by Crippen LogP contribution is -2.14. The molecule has 1 amide bonds. The smallest absolute Gasteiger partial charge is 0.271 e. The van der Waals surface area contributed by atoms with E-state index in [0.29, 0.717) is 0 Å². The highest BCUT2D eigenvalue weighted by Crippen LogP contribution is 2.19. The first-order valence-corrected chi connectivity index (χ1v) is 4.88. The van der Waals surface area contributed by atoms with Crippen LogP contribution in [0.3, 0.4) is 0 Å². The van der Waals surface area contributed by atoms with Crippen molar-refractivity contribution in [3.8, 4) is 11.8 Å². The first-order valence-electron chi connectivity index (χ1n) is 4.88. The van der Waals surface area contributed by atoms with Crippen LogP contribution in [0.4, 0.5) is 10.1 Å². The number of hydrogen-bond donors (Lipinski definition) is 2. The minimum Gasteiger partial charge on any atom is -0.396 e. The predicted molar refractivity (Wildman–Crippen MR) is 61.2 cm³/mol. The first kappa shape index (κ1) is 11.6. The molecule has 0 unspecified atom stereocenters. The Hall–Kier alpha value is -2.88. The summed E-state index contributed by atoms with van der Waals surface area (Å²) in [5.74, 6) is -1.47. The number of nitrogen functional groups attached to an aromatic ring is 1. The molecule has 90 valence electrons. The third-order valence-corrected chi connectivity index (χ3v) is 2.33. The number of anilines is 1. The van der Waals surface area contributed by atoms with Crippen LogP contribution in [0.2, 0.25) is 0 Å². The van der Waals surface area contributed by atoms with E-state index in [2.05, 4.69) is 5.10 Å². The molecule has 18 heavy (non-hydrogen) atoms. The number of carbonyl (C=O) groups excluding carboxylic acids is 1. The van der Waals surface area contributed by atoms with E-state index in [1.807, 2.05) is 0 Å². The van der Waals surface area contributed by atoms with Crippen molar-refractivity contribution < 1.29 is 9.18 Å². The molecule has 6 nitrogen and oxygen atoms in total. The molecule has 2 rings (SSSR count). The maximum Gasteiger partial charge on any atom is 0.271 e. The molecule has 0 aliphatic rings. The van der Waals surface area contributed by atoms with Gasteiger partial charge in [0, 0.05) is 0 Å². The maximum absolute atomic E-state index is 13.4. The van der Waals surface area contributed by atoms with Crippen LogP contribution in [-0.2, 0) is 0 Å². The Bertz CT molecular complexity index is 671. The van der Waals surface area contributed by atoms with Crippen LogP contribution in [0.5, 0.6) is 0 Å². The Kier molecular flexibility index (Phi) is 2.69. The fourth-order valence-electron chi connectivity index (χ4n) is 1.52. The van der Waals surface area contributed by atoms with Gasteiger partial charge in [-0.1, -0.05) is 6.07 Å². The van der Waals surface area contributed by atoms with Gasteiger partial charge in [-0.25, -0.2) is 9.07 Å². The van der Waals surface area contributed by atoms with Gasteiger partial charge in [-0.3, -0.25) is 4.79 Å². The Morgan fingerprint density at radius 1 is 1.50 bits per heavy atom. The van der Waals surface area contributed by atoms with Gasteiger partial charge in [0.1, 0.15) is 17.4 Å². The molecular formula is C11H8FN5O. The number of hydrogen-bond acceptors (Lipinski definition) is 4. The zero-order valence-corrected chi connectivity index (χ0v) is 9.09. The molecule has 0 aliphatic heterocycles. The monoisotopic (exact) mass is 245 g/mol. The van der Waals surface area contributed by atoms with Crippen LogP contribution < -0.4 is 11.5 Å². The highest BCUT2D eigenvalue weighted by atomic mass is 19.1. The van der Waals surface area contributed by atoms with Gasteiger partial charge >= 0.3 is 0 Å². The first-order chi connectivity index (χ1) is 8.54. The summed E-state index contributed by atoms with van der Waals surface area (Å²) in [6, 6.07) is 5.79. The standard InChI is InChI=1S/C11H8FN5O/c12-7-2-1-3-9(6(7)4-13)17-5-8(14)10(16-17)11(15)18/h1-3,5H,14H2,(H2,15,18). The molecule has 0 atom stereocenters. The Morgan fingerprint density at radius 3 is 2.78 bits per heavy atom. The molecule has 0 radical (unpaired) electrons. The highest BCUT2D eigenvalue weighted by molar-refractivity contribution is 5.95. The van der Waals surface area contributed by atoms with E-state index in [1.54, 1.807) is 6.07 Å². The van der Waals surface area contributed by atoms with Gasteiger partial charge < -0.3 is 11.5 Å². The number of halogens is 1. The van der Waals surface area contributed by atoms with Crippen LogP contribution in [0, 0.1) is 17.1 Å². The minimum absolute atomic E-state index is 0.0654. The van der Waals surface area contributed by atoms with E-state index in [0.717, 1.165) is 10.7 Å². The summed E-state index contributed by atoms with van der Waals surface area (Å²) in [6.45, 7) is 0. The molecule has 0 spiro atoms. The molecule has 0 saturated heterocycles. The van der Waals surface area contributed by atoms with Gasteiger partial charge in [0.2, 0.25) is 0 Å². The quantitative estimate of drug-likeness (QED) is 0.805. The van der Waals surface area contributed by atoms with E-state index in [-0.39, 0.29) is 22.6 Å². The summed E-state index contributed by atoms with van der Waals surface area (Å²) in [5, 5.41) is 12.7. The Balaban J connectivity index is 2.64. The van der Waals surface area contributed by atoms with E-state index in [9.17, 15) is 9.18 Å². The maximum atomic E-state index is 13.4. The van der Waals surface area contributed by atoms with E-state index >= 15 is 0 Å². The van der Waals surface area contributed by atoms with Crippen LogP contribution in [0.15, 0.2) is 24.4 Å². The zero-order valence-electron chi connectivity index (χ0n) is 9.09. The predicted octanol–water partition coefficient (Wildman–Crippen LogP) is 0.564. The van der Waals surface area contributed by atoms with Crippen molar-refractivity contribution in [2.75, 3.05) is 5.73 Å². The molecule has 4 N–H and O–H groups in total. The molecule has 2 aromatic rings. The van der Waals surface area contributed by atoms with Gasteiger partial charge in [0.05, 0.1) is 17.6 Å². The summed E-state index contributed by atoms with van der Waals surface area (Å²) in [6.07, 6.45) is 1.30. The number of amides is 1. The van der Waals surface area contributed by atoms with Crippen LogP contribution in [0.1, 0.15) is 16.1 Å². The van der Waals surface area contributed by atoms with Crippen molar-refractivity contribution in [3.05, 3.63) is 41.5 Å². The third-order valence-electron chi connectivity index (χ3n) is 2.33. The molecule has 1 aromatic heterocycles. The van der Waals surface area contributed by atoms with E-state index in [4.69, 9.17) is 16.7 Å². The molecule has 0 bridgehead atoms. The number of nitrogens with two attached hydrogens (primary N) is 2. The van der Waals surface area contributed by atoms with E-state index < -0.39 is 11.7 Å². The summed E-state index contributed by atoms with van der Waals surface area (Å²) in [5.41, 5.74) is 10.6. The fraction of sp³-hybridized carbons (Fsp3) is 0. The fourth-order valence-corrected chi connectivity index (χ4v) is 1.52. The largest absolute Gasteiger partial charge is 0.396 e. The Morgan fingerprint density at radius 2 is 2.22 bits per heavy atom. The van der Waals surface area contributed by atoms with Crippen molar-refractivity contribution in [3.63, 3.8) is 0 Å². The van der Waals surface area contributed by atoms with Crippen molar-refractivity contribution in [2.45, 2.75) is 0 Å². The SMILES string of the molecule is N#Cc1c(F)cccc1-n1cc(N)c(C(N)=O)n1. The lowest BCUT2D eigenvalue weighted by atomic mass is 10.2. The normalized spacial score (nSPS) is 10.0. The van der Waals surface area contributed by atoms with Crippen LogP contribution >= 0.6 is 0 Å². The lowest BCUT2D eigenvalue weighted by molar-refractivity contribution is 0.0996. The zero-order chi connectivity index (χ0) is 13.3. The van der Waals surface area contributed by atoms with Gasteiger partial charge in [-0.2, -0.15) is 10.4 Å². The molecular weight excluding hydrogens is 237 g/mol. The average Bonchev–Trinajstić information content (AvgIpc) is 2.71. The molecule has 1 heterocycles. The number of benzene rings is 1. The van der Waals surface area contributed by atoms with E-state index in [1.165, 1.54) is 18.3 Å². The number of rotatable bonds is 2. The summed E-state index contributed by atoms with van der Waals surface area (Å²) in [7, 11) is 0. The molecule has 0 fully saturated rings. The second-order valence-electron chi connectivity index (χ2n) is 3.49. The molecule has 1 aromatic carbocycles. The third kappa shape index (κ3) is 1.76. The van der Waals surface area contributed by atoms with Crippen LogP contribution in [0.25, 0.3) is 5.69 Å². The van der Waals surface area contributed by atoms with Gasteiger partial charge in [-0.05, 0) is 12.1 Å². The van der Waals surface area contributed by atoms with Gasteiger partial charge in [0.25, 0.3) is 5.91 Å². The van der Waals surface area contributed by atoms with Crippen molar-refractivity contribution in [1.29, 1.82) is 5.26 Å². The average molecular weight is 245 g/mol. The topological polar surface area (TPSA) is 111 Å². The molecule has 0 saturated carbocycles. The Labute approximate surface area is 101 Å². The number of carbonyl (C=O) groups is 1. The van der Waals surface area contributed by atoms with Gasteiger partial charge in [0.15, 0.2) is 5.69 Å². The number of nitriles is 1. The summed E-state index contributed by atoms with van der Waals surface area (Å²) in [4.78, 5) is 11.0. The number of aromatic nitrogens is 2. The van der Waals surface area contributed by atoms with Crippen molar-refractivity contribution in [2.24, 2.45) is 5.73 Å². The molecule has 0 aliphatic carbocycles. The number of primary amides is 1. The second kappa shape index (κ2) is 4.18. The summed E-state index contributed by atoms with van der Waals surface area (Å²) < 4.78 is 14.6.